The van der Waals surface area contributed by atoms with Crippen LogP contribution in [0.25, 0.3) is 0 Å². The van der Waals surface area contributed by atoms with Crippen molar-refractivity contribution in [2.45, 2.75) is 34.1 Å². The zero-order chi connectivity index (χ0) is 17.0. The van der Waals surface area contributed by atoms with Crippen molar-refractivity contribution in [3.8, 4) is 0 Å². The van der Waals surface area contributed by atoms with Gasteiger partial charge in [0.15, 0.2) is 0 Å². The van der Waals surface area contributed by atoms with Gasteiger partial charge in [0.05, 0.1) is 12.5 Å². The predicted octanol–water partition coefficient (Wildman–Crippen LogP) is 2.76. The summed E-state index contributed by atoms with van der Waals surface area (Å²) in [6, 6.07) is 6.13. The number of nitrogens with zero attached hydrogens (tertiary/aromatic N) is 2. The third-order valence-electron chi connectivity index (χ3n) is 4.34. The predicted molar refractivity (Wildman–Crippen MR) is 91.8 cm³/mol. The SMILES string of the molecule is CCOC(=O)[C@H]1CC(=O)N(c2ccc(N(CC)CC)cc2C)C1. The fourth-order valence-corrected chi connectivity index (χ4v) is 3.09. The van der Waals surface area contributed by atoms with Crippen LogP contribution in [0.3, 0.4) is 0 Å². The normalized spacial score (nSPS) is 17.5. The number of benzene rings is 1. The number of esters is 1. The van der Waals surface area contributed by atoms with E-state index in [1.165, 1.54) is 0 Å². The van der Waals surface area contributed by atoms with Gasteiger partial charge in [0.1, 0.15) is 0 Å². The van der Waals surface area contributed by atoms with Crippen LogP contribution in [-0.4, -0.2) is 38.1 Å². The molecule has 0 aliphatic carbocycles. The highest BCUT2D eigenvalue weighted by atomic mass is 16.5. The number of carbonyl (C=O) groups is 2. The van der Waals surface area contributed by atoms with Crippen molar-refractivity contribution < 1.29 is 14.3 Å². The van der Waals surface area contributed by atoms with E-state index in [4.69, 9.17) is 4.74 Å². The Morgan fingerprint density at radius 2 is 2.00 bits per heavy atom. The third kappa shape index (κ3) is 3.66. The fourth-order valence-electron chi connectivity index (χ4n) is 3.09. The summed E-state index contributed by atoms with van der Waals surface area (Å²) in [5, 5.41) is 0. The lowest BCUT2D eigenvalue weighted by atomic mass is 10.1. The first-order valence-electron chi connectivity index (χ1n) is 8.34. The third-order valence-corrected chi connectivity index (χ3v) is 4.34. The molecule has 2 rings (SSSR count). The number of hydrogen-bond donors (Lipinski definition) is 0. The maximum atomic E-state index is 12.3. The molecule has 0 spiro atoms. The van der Waals surface area contributed by atoms with E-state index >= 15 is 0 Å². The first kappa shape index (κ1) is 17.3. The van der Waals surface area contributed by atoms with Crippen molar-refractivity contribution in [2.75, 3.05) is 36.0 Å². The molecule has 126 valence electrons. The lowest BCUT2D eigenvalue weighted by molar-refractivity contribution is -0.147. The van der Waals surface area contributed by atoms with E-state index in [2.05, 4.69) is 24.8 Å². The molecule has 1 aliphatic heterocycles. The summed E-state index contributed by atoms with van der Waals surface area (Å²) in [5.74, 6) is -0.646. The van der Waals surface area contributed by atoms with Gasteiger partial charge >= 0.3 is 5.97 Å². The number of rotatable bonds is 6. The summed E-state index contributed by atoms with van der Waals surface area (Å²) in [5.41, 5.74) is 3.09. The zero-order valence-electron chi connectivity index (χ0n) is 14.5. The molecule has 0 unspecified atom stereocenters. The molecule has 0 radical (unpaired) electrons. The minimum Gasteiger partial charge on any atom is -0.466 e. The van der Waals surface area contributed by atoms with Gasteiger partial charge in [-0.15, -0.1) is 0 Å². The summed E-state index contributed by atoms with van der Waals surface area (Å²) in [4.78, 5) is 28.1. The Balaban J connectivity index is 2.19. The second-order valence-corrected chi connectivity index (χ2v) is 5.80. The van der Waals surface area contributed by atoms with Gasteiger partial charge in [0.25, 0.3) is 0 Å². The molecule has 1 heterocycles. The summed E-state index contributed by atoms with van der Waals surface area (Å²) in [6.07, 6.45) is 0.232. The van der Waals surface area contributed by atoms with Crippen LogP contribution in [-0.2, 0) is 14.3 Å². The molecular formula is C18H26N2O3. The largest absolute Gasteiger partial charge is 0.466 e. The van der Waals surface area contributed by atoms with E-state index in [1.54, 1.807) is 11.8 Å². The zero-order valence-corrected chi connectivity index (χ0v) is 14.5. The quantitative estimate of drug-likeness (QED) is 0.757. The minimum atomic E-state index is -0.357. The maximum absolute atomic E-state index is 12.3. The van der Waals surface area contributed by atoms with Crippen molar-refractivity contribution in [3.63, 3.8) is 0 Å². The second kappa shape index (κ2) is 7.49. The first-order valence-corrected chi connectivity index (χ1v) is 8.34. The van der Waals surface area contributed by atoms with Gasteiger partial charge < -0.3 is 14.5 Å². The highest BCUT2D eigenvalue weighted by Crippen LogP contribution is 2.31. The highest BCUT2D eigenvalue weighted by molar-refractivity contribution is 6.00. The lowest BCUT2D eigenvalue weighted by Gasteiger charge is -2.24. The van der Waals surface area contributed by atoms with Crippen LogP contribution in [0.4, 0.5) is 11.4 Å². The topological polar surface area (TPSA) is 49.9 Å². The van der Waals surface area contributed by atoms with Gasteiger partial charge in [-0.25, -0.2) is 0 Å². The molecule has 1 amide bonds. The van der Waals surface area contributed by atoms with E-state index in [0.717, 1.165) is 30.0 Å². The minimum absolute atomic E-state index is 0.0123. The second-order valence-electron chi connectivity index (χ2n) is 5.80. The van der Waals surface area contributed by atoms with Crippen molar-refractivity contribution in [1.82, 2.24) is 0 Å². The lowest BCUT2D eigenvalue weighted by Crippen LogP contribution is -2.27. The van der Waals surface area contributed by atoms with Crippen LogP contribution >= 0.6 is 0 Å². The summed E-state index contributed by atoms with van der Waals surface area (Å²) in [7, 11) is 0. The Labute approximate surface area is 138 Å². The smallest absolute Gasteiger partial charge is 0.311 e. The molecule has 0 aromatic heterocycles. The summed E-state index contributed by atoms with van der Waals surface area (Å²) < 4.78 is 5.04. The number of aryl methyl sites for hydroxylation is 1. The van der Waals surface area contributed by atoms with Gasteiger partial charge in [-0.2, -0.15) is 0 Å². The van der Waals surface area contributed by atoms with Crippen LogP contribution < -0.4 is 9.80 Å². The number of ether oxygens (including phenoxy) is 1. The molecule has 1 aromatic rings. The van der Waals surface area contributed by atoms with Gasteiger partial charge in [-0.1, -0.05) is 0 Å². The Morgan fingerprint density at radius 1 is 1.30 bits per heavy atom. The first-order chi connectivity index (χ1) is 11.0. The molecule has 0 bridgehead atoms. The average Bonchev–Trinajstić information content (AvgIpc) is 2.91. The fraction of sp³-hybridized carbons (Fsp3) is 0.556. The average molecular weight is 318 g/mol. The van der Waals surface area contributed by atoms with Crippen molar-refractivity contribution in [1.29, 1.82) is 0 Å². The van der Waals surface area contributed by atoms with Crippen molar-refractivity contribution >= 4 is 23.3 Å². The Hall–Kier alpha value is -2.04. The number of carbonyl (C=O) groups excluding carboxylic acids is 2. The molecule has 23 heavy (non-hydrogen) atoms. The highest BCUT2D eigenvalue weighted by Gasteiger charge is 2.36. The van der Waals surface area contributed by atoms with Crippen LogP contribution in [0.15, 0.2) is 18.2 Å². The van der Waals surface area contributed by atoms with E-state index < -0.39 is 0 Å². The molecule has 5 heteroatoms. The molecule has 5 nitrogen and oxygen atoms in total. The Morgan fingerprint density at radius 3 is 2.57 bits per heavy atom. The molecule has 1 saturated heterocycles. The standard InChI is InChI=1S/C18H26N2O3/c1-5-19(6-2)15-8-9-16(13(4)10-15)20-12-14(11-17(20)21)18(22)23-7-3/h8-10,14H,5-7,11-12H2,1-4H3/t14-/m0/s1. The molecule has 0 N–H and O–H groups in total. The van der Waals surface area contributed by atoms with Gasteiger partial charge in [-0.3, -0.25) is 9.59 Å². The van der Waals surface area contributed by atoms with Crippen molar-refractivity contribution in [3.05, 3.63) is 23.8 Å². The van der Waals surface area contributed by atoms with Gasteiger partial charge in [-0.05, 0) is 51.5 Å². The molecule has 1 aliphatic rings. The monoisotopic (exact) mass is 318 g/mol. The maximum Gasteiger partial charge on any atom is 0.311 e. The van der Waals surface area contributed by atoms with Crippen LogP contribution in [0.2, 0.25) is 0 Å². The van der Waals surface area contributed by atoms with E-state index in [9.17, 15) is 9.59 Å². The molecule has 1 atom stereocenters. The molecule has 1 aromatic carbocycles. The number of anilines is 2. The molecular weight excluding hydrogens is 292 g/mol. The summed E-state index contributed by atoms with van der Waals surface area (Å²) >= 11 is 0. The Kier molecular flexibility index (Phi) is 5.64. The van der Waals surface area contributed by atoms with Gasteiger partial charge in [0, 0.05) is 37.4 Å². The molecule has 0 saturated carbocycles. The van der Waals surface area contributed by atoms with E-state index in [-0.39, 0.29) is 24.2 Å². The van der Waals surface area contributed by atoms with Crippen LogP contribution in [0.5, 0.6) is 0 Å². The van der Waals surface area contributed by atoms with Gasteiger partial charge in [0.2, 0.25) is 5.91 Å². The Bertz CT molecular complexity index is 582. The molecule has 1 fully saturated rings. The van der Waals surface area contributed by atoms with E-state index in [1.807, 2.05) is 19.1 Å². The van der Waals surface area contributed by atoms with Crippen molar-refractivity contribution in [2.24, 2.45) is 5.92 Å². The van der Waals surface area contributed by atoms with Crippen LogP contribution in [0.1, 0.15) is 32.8 Å². The van der Waals surface area contributed by atoms with E-state index in [0.29, 0.717) is 13.2 Å². The number of hydrogen-bond acceptors (Lipinski definition) is 4. The van der Waals surface area contributed by atoms with Crippen LogP contribution in [0, 0.1) is 12.8 Å². The number of amides is 1. The summed E-state index contributed by atoms with van der Waals surface area (Å²) in [6.45, 7) is 10.7.